The molecule has 0 aliphatic rings. The lowest BCUT2D eigenvalue weighted by Gasteiger charge is -2.17. The minimum Gasteiger partial charge on any atom is -0.364 e. The maximum absolute atomic E-state index is 12.0. The maximum atomic E-state index is 12.0. The quantitative estimate of drug-likeness (QED) is 0.689. The summed E-state index contributed by atoms with van der Waals surface area (Å²) in [6.07, 6.45) is 1.30. The number of hydrogen-bond acceptors (Lipinski definition) is 3. The highest BCUT2D eigenvalue weighted by Crippen LogP contribution is 2.17. The van der Waals surface area contributed by atoms with Crippen molar-refractivity contribution in [3.8, 4) is 0 Å². The molecule has 4 nitrogen and oxygen atoms in total. The molecule has 100 valence electrons. The van der Waals surface area contributed by atoms with Gasteiger partial charge in [0.25, 0.3) is 5.91 Å². The van der Waals surface area contributed by atoms with Crippen LogP contribution in [0.5, 0.6) is 0 Å². The maximum Gasteiger partial charge on any atom is 0.253 e. The van der Waals surface area contributed by atoms with Crippen molar-refractivity contribution in [3.63, 3.8) is 0 Å². The van der Waals surface area contributed by atoms with Crippen molar-refractivity contribution >= 4 is 5.91 Å². The zero-order valence-electron chi connectivity index (χ0n) is 10.9. The first kappa shape index (κ1) is 14.7. The average Bonchev–Trinajstić information content (AvgIpc) is 2.41. The standard InChI is InChI=1S/C14H22N2O2/c1-2-18-13(12-8-4-3-5-9-12)14(17)16-11-7-6-10-15/h3-5,8-9,13H,2,6-7,10-11,15H2,1H3,(H,16,17). The van der Waals surface area contributed by atoms with Crippen molar-refractivity contribution in [2.75, 3.05) is 19.7 Å². The second-order valence-electron chi connectivity index (χ2n) is 4.03. The lowest BCUT2D eigenvalue weighted by molar-refractivity contribution is -0.133. The Kier molecular flexibility index (Phi) is 7.06. The van der Waals surface area contributed by atoms with E-state index in [4.69, 9.17) is 10.5 Å². The molecule has 1 aromatic rings. The number of nitrogens with one attached hydrogen (secondary N) is 1. The number of carbonyl (C=O) groups excluding carboxylic acids is 1. The van der Waals surface area contributed by atoms with Crippen LogP contribution in [0.3, 0.4) is 0 Å². The molecule has 0 aliphatic heterocycles. The first-order chi connectivity index (χ1) is 8.79. The third-order valence-electron chi connectivity index (χ3n) is 2.60. The molecule has 0 fully saturated rings. The monoisotopic (exact) mass is 250 g/mol. The number of carbonyl (C=O) groups is 1. The van der Waals surface area contributed by atoms with Gasteiger partial charge in [0.05, 0.1) is 0 Å². The topological polar surface area (TPSA) is 64.3 Å². The smallest absolute Gasteiger partial charge is 0.253 e. The van der Waals surface area contributed by atoms with Crippen LogP contribution in [0.2, 0.25) is 0 Å². The molecule has 0 aliphatic carbocycles. The van der Waals surface area contributed by atoms with Crippen molar-refractivity contribution in [2.24, 2.45) is 5.73 Å². The number of nitrogens with two attached hydrogens (primary N) is 1. The Hall–Kier alpha value is -1.39. The van der Waals surface area contributed by atoms with Crippen LogP contribution < -0.4 is 11.1 Å². The molecule has 3 N–H and O–H groups in total. The van der Waals surface area contributed by atoms with Gasteiger partial charge in [0.15, 0.2) is 6.10 Å². The number of ether oxygens (including phenoxy) is 1. The van der Waals surface area contributed by atoms with Crippen molar-refractivity contribution in [2.45, 2.75) is 25.9 Å². The van der Waals surface area contributed by atoms with Gasteiger partial charge in [-0.15, -0.1) is 0 Å². The van der Waals surface area contributed by atoms with Gasteiger partial charge in [-0.3, -0.25) is 4.79 Å². The largest absolute Gasteiger partial charge is 0.364 e. The molecule has 0 heterocycles. The SMILES string of the molecule is CCOC(C(=O)NCCCCN)c1ccccc1. The summed E-state index contributed by atoms with van der Waals surface area (Å²) in [7, 11) is 0. The molecule has 0 bridgehead atoms. The third-order valence-corrected chi connectivity index (χ3v) is 2.60. The Labute approximate surface area is 109 Å². The summed E-state index contributed by atoms with van der Waals surface area (Å²) < 4.78 is 5.51. The van der Waals surface area contributed by atoms with Gasteiger partial charge >= 0.3 is 0 Å². The van der Waals surface area contributed by atoms with Gasteiger partial charge in [-0.05, 0) is 31.9 Å². The molecule has 0 saturated carbocycles. The Bertz CT molecular complexity index is 341. The lowest BCUT2D eigenvalue weighted by Crippen LogP contribution is -2.31. The summed E-state index contributed by atoms with van der Waals surface area (Å²) in [6, 6.07) is 9.54. The van der Waals surface area contributed by atoms with Gasteiger partial charge in [-0.1, -0.05) is 30.3 Å². The lowest BCUT2D eigenvalue weighted by atomic mass is 10.1. The summed E-state index contributed by atoms with van der Waals surface area (Å²) >= 11 is 0. The average molecular weight is 250 g/mol. The Balaban J connectivity index is 2.53. The fourth-order valence-corrected chi connectivity index (χ4v) is 1.69. The predicted molar refractivity (Wildman–Crippen MR) is 72.1 cm³/mol. The number of benzene rings is 1. The third kappa shape index (κ3) is 4.85. The van der Waals surface area contributed by atoms with E-state index in [0.717, 1.165) is 18.4 Å². The van der Waals surface area contributed by atoms with Crippen molar-refractivity contribution in [1.82, 2.24) is 5.32 Å². The van der Waals surface area contributed by atoms with E-state index in [1.54, 1.807) is 0 Å². The summed E-state index contributed by atoms with van der Waals surface area (Å²) in [5.41, 5.74) is 6.29. The minimum absolute atomic E-state index is 0.0833. The van der Waals surface area contributed by atoms with Crippen LogP contribution in [0.15, 0.2) is 30.3 Å². The van der Waals surface area contributed by atoms with E-state index >= 15 is 0 Å². The van der Waals surface area contributed by atoms with Crippen LogP contribution in [0.4, 0.5) is 0 Å². The summed E-state index contributed by atoms with van der Waals surface area (Å²) in [4.78, 5) is 12.0. The Morgan fingerprint density at radius 2 is 2.06 bits per heavy atom. The van der Waals surface area contributed by atoms with Gasteiger partial charge < -0.3 is 15.8 Å². The highest BCUT2D eigenvalue weighted by atomic mass is 16.5. The normalized spacial score (nSPS) is 12.1. The van der Waals surface area contributed by atoms with Crippen LogP contribution >= 0.6 is 0 Å². The fraction of sp³-hybridized carbons (Fsp3) is 0.500. The highest BCUT2D eigenvalue weighted by molar-refractivity contribution is 5.82. The van der Waals surface area contributed by atoms with E-state index < -0.39 is 6.10 Å². The van der Waals surface area contributed by atoms with E-state index in [9.17, 15) is 4.79 Å². The highest BCUT2D eigenvalue weighted by Gasteiger charge is 2.19. The molecule has 1 amide bonds. The summed E-state index contributed by atoms with van der Waals surface area (Å²) in [5.74, 6) is -0.0833. The summed E-state index contributed by atoms with van der Waals surface area (Å²) in [6.45, 7) is 3.70. The first-order valence-corrected chi connectivity index (χ1v) is 6.44. The van der Waals surface area contributed by atoms with Gasteiger partial charge in [-0.2, -0.15) is 0 Å². The molecule has 1 unspecified atom stereocenters. The fourth-order valence-electron chi connectivity index (χ4n) is 1.69. The number of rotatable bonds is 8. The van der Waals surface area contributed by atoms with Gasteiger partial charge in [0.1, 0.15) is 0 Å². The van der Waals surface area contributed by atoms with E-state index in [1.807, 2.05) is 37.3 Å². The van der Waals surface area contributed by atoms with Crippen molar-refractivity contribution < 1.29 is 9.53 Å². The van der Waals surface area contributed by atoms with Crippen LogP contribution in [0, 0.1) is 0 Å². The molecule has 0 aromatic heterocycles. The van der Waals surface area contributed by atoms with Crippen LogP contribution in [-0.2, 0) is 9.53 Å². The van der Waals surface area contributed by atoms with Crippen molar-refractivity contribution in [1.29, 1.82) is 0 Å². The molecule has 18 heavy (non-hydrogen) atoms. The Morgan fingerprint density at radius 3 is 2.67 bits per heavy atom. The molecular formula is C14H22N2O2. The van der Waals surface area contributed by atoms with Crippen molar-refractivity contribution in [3.05, 3.63) is 35.9 Å². The van der Waals surface area contributed by atoms with E-state index in [1.165, 1.54) is 0 Å². The molecule has 0 saturated heterocycles. The predicted octanol–water partition coefficient (Wildman–Crippen LogP) is 1.62. The number of amides is 1. The Morgan fingerprint density at radius 1 is 1.33 bits per heavy atom. The van der Waals surface area contributed by atoms with Gasteiger partial charge in [0.2, 0.25) is 0 Å². The number of hydrogen-bond donors (Lipinski definition) is 2. The molecule has 0 radical (unpaired) electrons. The molecule has 1 atom stereocenters. The van der Waals surface area contributed by atoms with Gasteiger partial charge in [-0.25, -0.2) is 0 Å². The second kappa shape index (κ2) is 8.66. The van der Waals surface area contributed by atoms with Crippen LogP contribution in [0.25, 0.3) is 0 Å². The molecule has 4 heteroatoms. The first-order valence-electron chi connectivity index (χ1n) is 6.44. The van der Waals surface area contributed by atoms with E-state index in [0.29, 0.717) is 19.7 Å². The minimum atomic E-state index is -0.519. The summed E-state index contributed by atoms with van der Waals surface area (Å²) in [5, 5.41) is 2.88. The zero-order valence-corrected chi connectivity index (χ0v) is 10.9. The molecule has 0 spiro atoms. The van der Waals surface area contributed by atoms with Crippen LogP contribution in [-0.4, -0.2) is 25.6 Å². The zero-order chi connectivity index (χ0) is 13.2. The molecular weight excluding hydrogens is 228 g/mol. The van der Waals surface area contributed by atoms with E-state index in [2.05, 4.69) is 5.32 Å². The van der Waals surface area contributed by atoms with Crippen LogP contribution in [0.1, 0.15) is 31.4 Å². The van der Waals surface area contributed by atoms with E-state index in [-0.39, 0.29) is 5.91 Å². The van der Waals surface area contributed by atoms with Gasteiger partial charge in [0, 0.05) is 13.2 Å². The molecule has 1 rings (SSSR count). The second-order valence-corrected chi connectivity index (χ2v) is 4.03. The molecule has 1 aromatic carbocycles. The number of unbranched alkanes of at least 4 members (excludes halogenated alkanes) is 1.